The number of benzene rings is 1. The van der Waals surface area contributed by atoms with Crippen LogP contribution >= 0.6 is 0 Å². The van der Waals surface area contributed by atoms with Gasteiger partial charge in [-0.2, -0.15) is 13.2 Å². The molecule has 0 saturated carbocycles. The topological polar surface area (TPSA) is 75.4 Å². The van der Waals surface area contributed by atoms with Crippen molar-refractivity contribution in [3.63, 3.8) is 0 Å². The Balaban J connectivity index is 1.67. The Hall–Kier alpha value is -2.91. The van der Waals surface area contributed by atoms with Crippen molar-refractivity contribution in [1.29, 1.82) is 0 Å². The third-order valence-electron chi connectivity index (χ3n) is 3.92. The van der Waals surface area contributed by atoms with E-state index in [9.17, 15) is 23.3 Å². The molecule has 0 radical (unpaired) electrons. The molecule has 1 saturated heterocycles. The monoisotopic (exact) mass is 353 g/mol. The first-order valence-corrected chi connectivity index (χ1v) is 7.49. The Bertz CT molecular complexity index is 759. The molecule has 1 aliphatic rings. The van der Waals surface area contributed by atoms with Gasteiger partial charge in [0.15, 0.2) is 0 Å². The molecule has 0 atom stereocenters. The first-order valence-electron chi connectivity index (χ1n) is 7.49. The number of aromatic nitrogens is 2. The minimum atomic E-state index is -4.50. The van der Waals surface area contributed by atoms with E-state index in [1.165, 1.54) is 12.1 Å². The summed E-state index contributed by atoms with van der Waals surface area (Å²) in [6.07, 6.45) is -3.40. The summed E-state index contributed by atoms with van der Waals surface area (Å²) in [6.45, 7) is 2.02. The van der Waals surface area contributed by atoms with Crippen molar-refractivity contribution in [2.24, 2.45) is 0 Å². The molecule has 2 aromatic rings. The number of halogens is 3. The fourth-order valence-corrected chi connectivity index (χ4v) is 2.61. The Morgan fingerprint density at radius 1 is 1.00 bits per heavy atom. The number of nitro benzene ring substituents is 1. The first-order chi connectivity index (χ1) is 11.8. The van der Waals surface area contributed by atoms with Gasteiger partial charge >= 0.3 is 6.18 Å². The smallest absolute Gasteiger partial charge is 0.368 e. The Morgan fingerprint density at radius 3 is 2.16 bits per heavy atom. The molecule has 1 aromatic heterocycles. The van der Waals surface area contributed by atoms with E-state index < -0.39 is 16.8 Å². The summed E-state index contributed by atoms with van der Waals surface area (Å²) in [6, 6.07) is 7.02. The molecule has 132 valence electrons. The molecule has 0 aliphatic carbocycles. The van der Waals surface area contributed by atoms with Crippen LogP contribution in [0.1, 0.15) is 5.69 Å². The summed E-state index contributed by atoms with van der Waals surface area (Å²) in [5.41, 5.74) is -0.120. The van der Waals surface area contributed by atoms with Crippen molar-refractivity contribution in [3.8, 4) is 0 Å². The molecule has 1 aliphatic heterocycles. The highest BCUT2D eigenvalue weighted by molar-refractivity contribution is 5.52. The third kappa shape index (κ3) is 3.78. The number of non-ortho nitro benzene ring substituents is 1. The number of nitro groups is 1. The summed E-state index contributed by atoms with van der Waals surface area (Å²) < 4.78 is 38.2. The molecule has 25 heavy (non-hydrogen) atoms. The molecule has 2 heterocycles. The second kappa shape index (κ2) is 6.54. The lowest BCUT2D eigenvalue weighted by atomic mass is 10.2. The zero-order valence-electron chi connectivity index (χ0n) is 13.0. The van der Waals surface area contributed by atoms with Gasteiger partial charge in [-0.15, -0.1) is 0 Å². The largest absolute Gasteiger partial charge is 0.433 e. The Kier molecular flexibility index (Phi) is 4.43. The molecule has 0 unspecified atom stereocenters. The van der Waals surface area contributed by atoms with Gasteiger partial charge in [-0.1, -0.05) is 0 Å². The van der Waals surface area contributed by atoms with E-state index in [0.717, 1.165) is 18.0 Å². The maximum Gasteiger partial charge on any atom is 0.433 e. The maximum absolute atomic E-state index is 12.7. The molecular weight excluding hydrogens is 339 g/mol. The van der Waals surface area contributed by atoms with Gasteiger partial charge in [0, 0.05) is 50.2 Å². The number of hydrogen-bond donors (Lipinski definition) is 0. The van der Waals surface area contributed by atoms with Crippen molar-refractivity contribution in [2.75, 3.05) is 36.0 Å². The van der Waals surface area contributed by atoms with Crippen molar-refractivity contribution in [1.82, 2.24) is 9.97 Å². The Morgan fingerprint density at radius 2 is 1.60 bits per heavy atom. The van der Waals surface area contributed by atoms with Crippen LogP contribution in [0.2, 0.25) is 0 Å². The van der Waals surface area contributed by atoms with Crippen molar-refractivity contribution >= 4 is 17.3 Å². The van der Waals surface area contributed by atoms with E-state index in [1.807, 2.05) is 4.90 Å². The van der Waals surface area contributed by atoms with Gasteiger partial charge in [-0.25, -0.2) is 9.97 Å². The van der Waals surface area contributed by atoms with Crippen molar-refractivity contribution in [2.45, 2.75) is 6.18 Å². The second-order valence-electron chi connectivity index (χ2n) is 5.49. The predicted molar refractivity (Wildman–Crippen MR) is 84.6 cm³/mol. The predicted octanol–water partition coefficient (Wildman–Crippen LogP) is 2.73. The summed E-state index contributed by atoms with van der Waals surface area (Å²) in [5.74, 6) is 0.0539. The van der Waals surface area contributed by atoms with Crippen LogP contribution in [0.3, 0.4) is 0 Å². The molecular formula is C15H14F3N5O2. The normalized spacial score (nSPS) is 15.3. The summed E-state index contributed by atoms with van der Waals surface area (Å²) in [5, 5.41) is 10.7. The summed E-state index contributed by atoms with van der Waals surface area (Å²) >= 11 is 0. The number of piperazine rings is 1. The van der Waals surface area contributed by atoms with Crippen LogP contribution in [-0.2, 0) is 6.18 Å². The number of hydrogen-bond acceptors (Lipinski definition) is 6. The third-order valence-corrected chi connectivity index (χ3v) is 3.92. The highest BCUT2D eigenvalue weighted by atomic mass is 19.4. The van der Waals surface area contributed by atoms with Gasteiger partial charge in [0.05, 0.1) is 4.92 Å². The molecule has 0 amide bonds. The average Bonchev–Trinajstić information content (AvgIpc) is 2.61. The summed E-state index contributed by atoms with van der Waals surface area (Å²) in [7, 11) is 0. The fourth-order valence-electron chi connectivity index (χ4n) is 2.61. The van der Waals surface area contributed by atoms with Crippen LogP contribution in [0.5, 0.6) is 0 Å². The molecule has 0 N–H and O–H groups in total. The molecule has 1 fully saturated rings. The molecule has 0 spiro atoms. The molecule has 7 nitrogen and oxygen atoms in total. The highest BCUT2D eigenvalue weighted by Crippen LogP contribution is 2.28. The molecule has 3 rings (SSSR count). The lowest BCUT2D eigenvalue weighted by Crippen LogP contribution is -2.47. The maximum atomic E-state index is 12.7. The van der Waals surface area contributed by atoms with Crippen molar-refractivity contribution in [3.05, 3.63) is 52.3 Å². The SMILES string of the molecule is O=[N+]([O-])c1ccc(N2CCN(c3nccc(C(F)(F)F)n3)CC2)cc1. The molecule has 10 heteroatoms. The van der Waals surface area contributed by atoms with Crippen LogP contribution in [0.15, 0.2) is 36.5 Å². The van der Waals surface area contributed by atoms with Crippen LogP contribution in [-0.4, -0.2) is 41.1 Å². The van der Waals surface area contributed by atoms with Gasteiger partial charge in [0.25, 0.3) is 5.69 Å². The van der Waals surface area contributed by atoms with Gasteiger partial charge in [-0.3, -0.25) is 10.1 Å². The van der Waals surface area contributed by atoms with E-state index in [0.29, 0.717) is 26.2 Å². The van der Waals surface area contributed by atoms with Crippen LogP contribution in [0, 0.1) is 10.1 Å². The van der Waals surface area contributed by atoms with E-state index in [1.54, 1.807) is 17.0 Å². The average molecular weight is 353 g/mol. The quantitative estimate of drug-likeness (QED) is 0.624. The number of rotatable bonds is 3. The number of anilines is 2. The second-order valence-corrected chi connectivity index (χ2v) is 5.49. The first kappa shape index (κ1) is 16.9. The van der Waals surface area contributed by atoms with Crippen LogP contribution in [0.4, 0.5) is 30.5 Å². The van der Waals surface area contributed by atoms with Crippen molar-refractivity contribution < 1.29 is 18.1 Å². The summed E-state index contributed by atoms with van der Waals surface area (Å²) in [4.78, 5) is 21.4. The van der Waals surface area contributed by atoms with Gasteiger partial charge in [0.2, 0.25) is 5.95 Å². The molecule has 1 aromatic carbocycles. The van der Waals surface area contributed by atoms with Gasteiger partial charge in [0.1, 0.15) is 5.69 Å². The van der Waals surface area contributed by atoms with E-state index in [4.69, 9.17) is 0 Å². The number of alkyl halides is 3. The fraction of sp³-hybridized carbons (Fsp3) is 0.333. The number of nitrogens with zero attached hydrogens (tertiary/aromatic N) is 5. The highest BCUT2D eigenvalue weighted by Gasteiger charge is 2.33. The lowest BCUT2D eigenvalue weighted by Gasteiger charge is -2.36. The van der Waals surface area contributed by atoms with Crippen LogP contribution < -0.4 is 9.80 Å². The van der Waals surface area contributed by atoms with Gasteiger partial charge < -0.3 is 9.80 Å². The Labute approximate surface area is 140 Å². The lowest BCUT2D eigenvalue weighted by molar-refractivity contribution is -0.384. The standard InChI is InChI=1S/C15H14F3N5O2/c16-15(17,18)13-5-6-19-14(20-13)22-9-7-21(8-10-22)11-1-3-12(4-2-11)23(24)25/h1-6H,7-10H2. The van der Waals surface area contributed by atoms with Gasteiger partial charge in [-0.05, 0) is 18.2 Å². The zero-order valence-corrected chi connectivity index (χ0v) is 13.0. The zero-order chi connectivity index (χ0) is 18.0. The van der Waals surface area contributed by atoms with E-state index in [-0.39, 0.29) is 11.6 Å². The minimum Gasteiger partial charge on any atom is -0.368 e. The van der Waals surface area contributed by atoms with E-state index in [2.05, 4.69) is 9.97 Å². The minimum absolute atomic E-state index is 0.0137. The van der Waals surface area contributed by atoms with Crippen LogP contribution in [0.25, 0.3) is 0 Å². The molecule has 0 bridgehead atoms. The van der Waals surface area contributed by atoms with E-state index >= 15 is 0 Å².